The van der Waals surface area contributed by atoms with Crippen molar-refractivity contribution in [1.29, 1.82) is 0 Å². The summed E-state index contributed by atoms with van der Waals surface area (Å²) in [6, 6.07) is 8.44. The summed E-state index contributed by atoms with van der Waals surface area (Å²) in [5.41, 5.74) is 2.59. The van der Waals surface area contributed by atoms with Crippen LogP contribution in [0.2, 0.25) is 0 Å². The molecule has 3 nitrogen and oxygen atoms in total. The fraction of sp³-hybridized carbons (Fsp3) is 0.562. The van der Waals surface area contributed by atoms with E-state index in [1.54, 1.807) is 0 Å². The molecule has 0 saturated carbocycles. The van der Waals surface area contributed by atoms with Crippen molar-refractivity contribution in [2.45, 2.75) is 25.6 Å². The molecule has 0 aliphatic carbocycles. The first-order valence-corrected chi connectivity index (χ1v) is 8.15. The summed E-state index contributed by atoms with van der Waals surface area (Å²) in [7, 11) is 0. The van der Waals surface area contributed by atoms with Gasteiger partial charge in [0.2, 0.25) is 5.91 Å². The fourth-order valence-electron chi connectivity index (χ4n) is 2.55. The van der Waals surface area contributed by atoms with Crippen LogP contribution in [0.4, 0.5) is 5.69 Å². The van der Waals surface area contributed by atoms with E-state index in [1.807, 2.05) is 4.90 Å². The van der Waals surface area contributed by atoms with Crippen LogP contribution >= 0.6 is 15.9 Å². The lowest BCUT2D eigenvalue weighted by Crippen LogP contribution is -2.51. The van der Waals surface area contributed by atoms with Gasteiger partial charge < -0.3 is 9.80 Å². The van der Waals surface area contributed by atoms with Crippen LogP contribution in [0.25, 0.3) is 0 Å². The van der Waals surface area contributed by atoms with Crippen molar-refractivity contribution < 1.29 is 4.79 Å². The van der Waals surface area contributed by atoms with E-state index < -0.39 is 0 Å². The van der Waals surface area contributed by atoms with Crippen LogP contribution in [-0.4, -0.2) is 41.8 Å². The van der Waals surface area contributed by atoms with Gasteiger partial charge in [-0.2, -0.15) is 0 Å². The number of carbonyl (C=O) groups excluding carboxylic acids is 1. The molecule has 1 aliphatic rings. The second kappa shape index (κ2) is 6.61. The third-order valence-electron chi connectivity index (χ3n) is 3.87. The first-order chi connectivity index (χ1) is 9.50. The summed E-state index contributed by atoms with van der Waals surface area (Å²) in [6.45, 7) is 9.72. The predicted molar refractivity (Wildman–Crippen MR) is 87.5 cm³/mol. The Kier molecular flexibility index (Phi) is 5.08. The highest BCUT2D eigenvalue weighted by Gasteiger charge is 2.27. The van der Waals surface area contributed by atoms with Crippen LogP contribution in [0, 0.1) is 12.8 Å². The van der Waals surface area contributed by atoms with Crippen LogP contribution in [-0.2, 0) is 4.79 Å². The second-order valence-corrected chi connectivity index (χ2v) is 6.73. The van der Waals surface area contributed by atoms with E-state index in [-0.39, 0.29) is 10.7 Å². The predicted octanol–water partition coefficient (Wildman–Crippen LogP) is 3.06. The van der Waals surface area contributed by atoms with Crippen molar-refractivity contribution in [3.05, 3.63) is 29.8 Å². The van der Waals surface area contributed by atoms with Crippen LogP contribution in [0.5, 0.6) is 0 Å². The van der Waals surface area contributed by atoms with E-state index in [0.717, 1.165) is 26.2 Å². The molecule has 1 atom stereocenters. The normalized spacial score (nSPS) is 17.4. The highest BCUT2D eigenvalue weighted by atomic mass is 79.9. The number of alkyl halides is 1. The largest absolute Gasteiger partial charge is 0.368 e. The van der Waals surface area contributed by atoms with Crippen molar-refractivity contribution in [2.75, 3.05) is 31.1 Å². The SMILES string of the molecule is Cc1ccccc1N1CCN(C(=O)C(Br)C(C)C)CC1. The fourth-order valence-corrected chi connectivity index (χ4v) is 2.84. The molecule has 0 bridgehead atoms. The molecule has 4 heteroatoms. The Morgan fingerprint density at radius 3 is 2.30 bits per heavy atom. The third kappa shape index (κ3) is 3.35. The number of nitrogens with zero attached hydrogens (tertiary/aromatic N) is 2. The minimum atomic E-state index is -0.0625. The second-order valence-electron chi connectivity index (χ2n) is 5.74. The smallest absolute Gasteiger partial charge is 0.236 e. The van der Waals surface area contributed by atoms with Gasteiger partial charge in [-0.25, -0.2) is 0 Å². The maximum absolute atomic E-state index is 12.3. The molecule has 1 aromatic rings. The lowest BCUT2D eigenvalue weighted by atomic mass is 10.1. The van der Waals surface area contributed by atoms with Crippen LogP contribution in [0.3, 0.4) is 0 Å². The van der Waals surface area contributed by atoms with Crippen molar-refractivity contribution >= 4 is 27.5 Å². The molecule has 1 unspecified atom stereocenters. The first-order valence-electron chi connectivity index (χ1n) is 7.24. The number of para-hydroxylation sites is 1. The summed E-state index contributed by atoms with van der Waals surface area (Å²) >= 11 is 3.51. The lowest BCUT2D eigenvalue weighted by Gasteiger charge is -2.38. The molecule has 1 saturated heterocycles. The molecule has 1 amide bonds. The van der Waals surface area contributed by atoms with Crippen molar-refractivity contribution in [3.8, 4) is 0 Å². The lowest BCUT2D eigenvalue weighted by molar-refractivity contribution is -0.131. The maximum Gasteiger partial charge on any atom is 0.236 e. The summed E-state index contributed by atoms with van der Waals surface area (Å²) < 4.78 is 0. The highest BCUT2D eigenvalue weighted by Crippen LogP contribution is 2.22. The van der Waals surface area contributed by atoms with Crippen LogP contribution < -0.4 is 4.90 Å². The third-order valence-corrected chi connectivity index (χ3v) is 5.32. The number of carbonyl (C=O) groups is 1. The van der Waals surface area contributed by atoms with Crippen molar-refractivity contribution in [3.63, 3.8) is 0 Å². The molecule has 110 valence electrons. The maximum atomic E-state index is 12.3. The number of rotatable bonds is 3. The average Bonchev–Trinajstić information content (AvgIpc) is 2.46. The number of anilines is 1. The number of benzene rings is 1. The highest BCUT2D eigenvalue weighted by molar-refractivity contribution is 9.10. The van der Waals surface area contributed by atoms with Crippen LogP contribution in [0.15, 0.2) is 24.3 Å². The van der Waals surface area contributed by atoms with Gasteiger partial charge in [-0.05, 0) is 24.5 Å². The number of aryl methyl sites for hydroxylation is 1. The zero-order valence-corrected chi connectivity index (χ0v) is 14.1. The first kappa shape index (κ1) is 15.4. The monoisotopic (exact) mass is 338 g/mol. The molecule has 0 N–H and O–H groups in total. The molecule has 0 spiro atoms. The van der Waals surface area contributed by atoms with E-state index >= 15 is 0 Å². The van der Waals surface area contributed by atoms with Gasteiger partial charge in [0.1, 0.15) is 0 Å². The zero-order chi connectivity index (χ0) is 14.7. The Morgan fingerprint density at radius 1 is 1.15 bits per heavy atom. The minimum absolute atomic E-state index is 0.0625. The molecule has 0 aromatic heterocycles. The van der Waals surface area contributed by atoms with E-state index in [4.69, 9.17) is 0 Å². The van der Waals surface area contributed by atoms with E-state index in [1.165, 1.54) is 11.3 Å². The van der Waals surface area contributed by atoms with Crippen LogP contribution in [0.1, 0.15) is 19.4 Å². The molecular formula is C16H23BrN2O. The van der Waals surface area contributed by atoms with Gasteiger partial charge >= 0.3 is 0 Å². The Hall–Kier alpha value is -1.03. The minimum Gasteiger partial charge on any atom is -0.368 e. The summed E-state index contributed by atoms with van der Waals surface area (Å²) in [5, 5.41) is 0. The van der Waals surface area contributed by atoms with Gasteiger partial charge in [0.25, 0.3) is 0 Å². The number of hydrogen-bond donors (Lipinski definition) is 0. The molecule has 20 heavy (non-hydrogen) atoms. The summed E-state index contributed by atoms with van der Waals surface area (Å²) in [6.07, 6.45) is 0. The Balaban J connectivity index is 1.96. The average molecular weight is 339 g/mol. The standard InChI is InChI=1S/C16H23BrN2O/c1-12(2)15(17)16(20)19-10-8-18(9-11-19)14-7-5-4-6-13(14)3/h4-7,12,15H,8-11H2,1-3H3. The quantitative estimate of drug-likeness (QED) is 0.791. The van der Waals surface area contributed by atoms with Gasteiger partial charge in [-0.15, -0.1) is 0 Å². The van der Waals surface area contributed by atoms with Gasteiger partial charge in [0.15, 0.2) is 0 Å². The molecule has 1 aromatic carbocycles. The number of piperazine rings is 1. The molecule has 1 fully saturated rings. The Bertz CT molecular complexity index is 467. The molecule has 1 heterocycles. The molecule has 2 rings (SSSR count). The zero-order valence-electron chi connectivity index (χ0n) is 12.5. The number of halogens is 1. The molecule has 1 aliphatic heterocycles. The molecular weight excluding hydrogens is 316 g/mol. The Morgan fingerprint density at radius 2 is 1.75 bits per heavy atom. The summed E-state index contributed by atoms with van der Waals surface area (Å²) in [4.78, 5) is 16.6. The van der Waals surface area contributed by atoms with Crippen molar-refractivity contribution in [2.24, 2.45) is 5.92 Å². The molecule has 0 radical (unpaired) electrons. The van der Waals surface area contributed by atoms with Gasteiger partial charge in [0.05, 0.1) is 4.83 Å². The van der Waals surface area contributed by atoms with Gasteiger partial charge in [-0.1, -0.05) is 48.0 Å². The van der Waals surface area contributed by atoms with Gasteiger partial charge in [-0.3, -0.25) is 4.79 Å². The van der Waals surface area contributed by atoms with Gasteiger partial charge in [0, 0.05) is 31.9 Å². The van der Waals surface area contributed by atoms with E-state index in [9.17, 15) is 4.79 Å². The number of amides is 1. The summed E-state index contributed by atoms with van der Waals surface area (Å²) in [5.74, 6) is 0.557. The van der Waals surface area contributed by atoms with Crippen molar-refractivity contribution in [1.82, 2.24) is 4.90 Å². The Labute approximate surface area is 130 Å². The van der Waals surface area contributed by atoms with E-state index in [2.05, 4.69) is 65.9 Å². The van der Waals surface area contributed by atoms with E-state index in [0.29, 0.717) is 5.92 Å². The topological polar surface area (TPSA) is 23.6 Å². The number of hydrogen-bond acceptors (Lipinski definition) is 2.